The van der Waals surface area contributed by atoms with Gasteiger partial charge in [0.1, 0.15) is 5.82 Å². The number of halogens is 1. The van der Waals surface area contributed by atoms with Crippen molar-refractivity contribution in [3.8, 4) is 5.69 Å². The van der Waals surface area contributed by atoms with Gasteiger partial charge in [-0.2, -0.15) is 0 Å². The fraction of sp³-hybridized carbons (Fsp3) is 0.154. The van der Waals surface area contributed by atoms with E-state index in [0.29, 0.717) is 17.3 Å². The molecule has 0 saturated carbocycles. The molecule has 5 rings (SSSR count). The van der Waals surface area contributed by atoms with Crippen LogP contribution in [-0.4, -0.2) is 37.0 Å². The standard InChI is InChI=1S/C26H23FN6OS/c27-18-6-8-19(9-7-18)30-23(34)12-17-33-25(24(31-26(33)35)21-4-1-2-13-29-21)22-5-3-16-32(22)20-10-14-28-15-11-20/h1-11,13-16,24-25H,12,17H2,(H,30,34)(H,31,35)/t24-,25+/m1/s1. The Bertz CT molecular complexity index is 1310. The number of hydrogen-bond acceptors (Lipinski definition) is 4. The Morgan fingerprint density at radius 1 is 1.03 bits per heavy atom. The Labute approximate surface area is 207 Å². The number of carbonyl (C=O) groups is 1. The average molecular weight is 487 g/mol. The van der Waals surface area contributed by atoms with Gasteiger partial charge in [-0.25, -0.2) is 4.39 Å². The third-order valence-electron chi connectivity index (χ3n) is 5.93. The molecular formula is C26H23FN6OS. The van der Waals surface area contributed by atoms with Crippen LogP contribution in [0.1, 0.15) is 29.9 Å². The number of anilines is 1. The second-order valence-corrected chi connectivity index (χ2v) is 8.52. The van der Waals surface area contributed by atoms with Crippen LogP contribution in [0.5, 0.6) is 0 Å². The van der Waals surface area contributed by atoms with E-state index in [1.807, 2.05) is 47.5 Å². The number of carbonyl (C=O) groups excluding carboxylic acids is 1. The molecule has 1 amide bonds. The maximum absolute atomic E-state index is 13.2. The molecule has 4 aromatic rings. The minimum Gasteiger partial charge on any atom is -0.352 e. The van der Waals surface area contributed by atoms with Gasteiger partial charge in [-0.05, 0) is 72.9 Å². The number of rotatable bonds is 7. The SMILES string of the molecule is O=C(CCN1C(=S)N[C@H](c2ccccn2)[C@@H]1c1cccn1-c1ccncc1)Nc1ccc(F)cc1. The molecule has 1 aromatic carbocycles. The van der Waals surface area contributed by atoms with E-state index in [2.05, 4.69) is 31.2 Å². The van der Waals surface area contributed by atoms with Gasteiger partial charge >= 0.3 is 0 Å². The highest BCUT2D eigenvalue weighted by Crippen LogP contribution is 2.39. The minimum atomic E-state index is -0.350. The van der Waals surface area contributed by atoms with Crippen LogP contribution in [-0.2, 0) is 4.79 Å². The first-order chi connectivity index (χ1) is 17.1. The third-order valence-corrected chi connectivity index (χ3v) is 6.28. The van der Waals surface area contributed by atoms with E-state index in [9.17, 15) is 9.18 Å². The summed E-state index contributed by atoms with van der Waals surface area (Å²) in [6, 6.07) is 19.1. The van der Waals surface area contributed by atoms with E-state index in [0.717, 1.165) is 17.1 Å². The molecule has 7 nitrogen and oxygen atoms in total. The molecule has 1 aliphatic rings. The number of nitrogens with one attached hydrogen (secondary N) is 2. The topological polar surface area (TPSA) is 75.1 Å². The van der Waals surface area contributed by atoms with Crippen molar-refractivity contribution in [1.29, 1.82) is 0 Å². The summed E-state index contributed by atoms with van der Waals surface area (Å²) in [6.07, 6.45) is 7.48. The minimum absolute atomic E-state index is 0.177. The molecule has 35 heavy (non-hydrogen) atoms. The Balaban J connectivity index is 1.42. The van der Waals surface area contributed by atoms with E-state index in [1.54, 1.807) is 18.6 Å². The number of thiocarbonyl (C=S) groups is 1. The Kier molecular flexibility index (Phi) is 6.49. The molecule has 9 heteroatoms. The predicted octanol–water partition coefficient (Wildman–Crippen LogP) is 4.41. The largest absolute Gasteiger partial charge is 0.352 e. The lowest BCUT2D eigenvalue weighted by molar-refractivity contribution is -0.116. The fourth-order valence-electron chi connectivity index (χ4n) is 4.32. The summed E-state index contributed by atoms with van der Waals surface area (Å²) in [5.41, 5.74) is 3.40. The van der Waals surface area contributed by atoms with Crippen LogP contribution in [0.15, 0.2) is 91.5 Å². The van der Waals surface area contributed by atoms with Crippen LogP contribution in [0, 0.1) is 5.82 Å². The second-order valence-electron chi connectivity index (χ2n) is 8.13. The van der Waals surface area contributed by atoms with Gasteiger partial charge in [0.2, 0.25) is 5.91 Å². The van der Waals surface area contributed by atoms with Gasteiger partial charge in [0.15, 0.2) is 5.11 Å². The van der Waals surface area contributed by atoms with E-state index in [1.165, 1.54) is 24.3 Å². The summed E-state index contributed by atoms with van der Waals surface area (Å²) in [5, 5.41) is 6.79. The zero-order valence-corrected chi connectivity index (χ0v) is 19.5. The fourth-order valence-corrected chi connectivity index (χ4v) is 4.65. The molecule has 176 valence electrons. The van der Waals surface area contributed by atoms with Gasteiger partial charge in [0.25, 0.3) is 0 Å². The third kappa shape index (κ3) is 4.90. The molecule has 0 spiro atoms. The highest BCUT2D eigenvalue weighted by Gasteiger charge is 2.41. The van der Waals surface area contributed by atoms with Crippen LogP contribution in [0.2, 0.25) is 0 Å². The van der Waals surface area contributed by atoms with Crippen molar-refractivity contribution in [1.82, 2.24) is 24.8 Å². The van der Waals surface area contributed by atoms with Crippen molar-refractivity contribution in [2.75, 3.05) is 11.9 Å². The maximum atomic E-state index is 13.2. The average Bonchev–Trinajstić information content (AvgIpc) is 3.49. The maximum Gasteiger partial charge on any atom is 0.226 e. The first-order valence-electron chi connectivity index (χ1n) is 11.2. The van der Waals surface area contributed by atoms with Crippen LogP contribution in [0.25, 0.3) is 5.69 Å². The summed E-state index contributed by atoms with van der Waals surface area (Å²) >= 11 is 5.72. The number of pyridine rings is 2. The van der Waals surface area contributed by atoms with E-state index >= 15 is 0 Å². The van der Waals surface area contributed by atoms with Gasteiger partial charge < -0.3 is 20.1 Å². The summed E-state index contributed by atoms with van der Waals surface area (Å²) < 4.78 is 15.3. The summed E-state index contributed by atoms with van der Waals surface area (Å²) in [4.78, 5) is 23.4. The number of amides is 1. The molecule has 1 saturated heterocycles. The molecule has 0 radical (unpaired) electrons. The first kappa shape index (κ1) is 22.7. The van der Waals surface area contributed by atoms with Gasteiger partial charge in [-0.3, -0.25) is 14.8 Å². The lowest BCUT2D eigenvalue weighted by Gasteiger charge is -2.28. The number of hydrogen-bond donors (Lipinski definition) is 2. The van der Waals surface area contributed by atoms with Crippen molar-refractivity contribution in [2.45, 2.75) is 18.5 Å². The molecule has 0 unspecified atom stereocenters. The lowest BCUT2D eigenvalue weighted by atomic mass is 10.0. The smallest absolute Gasteiger partial charge is 0.226 e. The quantitative estimate of drug-likeness (QED) is 0.377. The summed E-state index contributed by atoms with van der Waals surface area (Å²) in [6.45, 7) is 0.397. The van der Waals surface area contributed by atoms with Gasteiger partial charge in [-0.15, -0.1) is 0 Å². The van der Waals surface area contributed by atoms with Crippen molar-refractivity contribution >= 4 is 28.9 Å². The highest BCUT2D eigenvalue weighted by atomic mass is 32.1. The zero-order chi connectivity index (χ0) is 24.2. The molecular weight excluding hydrogens is 463 g/mol. The van der Waals surface area contributed by atoms with Gasteiger partial charge in [-0.1, -0.05) is 6.07 Å². The number of benzene rings is 1. The predicted molar refractivity (Wildman–Crippen MR) is 135 cm³/mol. The second kappa shape index (κ2) is 10.0. The zero-order valence-electron chi connectivity index (χ0n) is 18.7. The van der Waals surface area contributed by atoms with E-state index in [-0.39, 0.29) is 30.2 Å². The first-order valence-corrected chi connectivity index (χ1v) is 11.6. The van der Waals surface area contributed by atoms with Crippen molar-refractivity contribution in [3.63, 3.8) is 0 Å². The number of aromatic nitrogens is 3. The van der Waals surface area contributed by atoms with Gasteiger partial charge in [0.05, 0.1) is 17.8 Å². The Morgan fingerprint density at radius 3 is 2.57 bits per heavy atom. The summed E-state index contributed by atoms with van der Waals surface area (Å²) in [7, 11) is 0. The Morgan fingerprint density at radius 2 is 1.83 bits per heavy atom. The molecule has 0 bridgehead atoms. The van der Waals surface area contributed by atoms with Crippen LogP contribution < -0.4 is 10.6 Å². The van der Waals surface area contributed by atoms with Crippen molar-refractivity contribution in [3.05, 3.63) is 109 Å². The normalized spacial score (nSPS) is 17.3. The molecule has 4 heterocycles. The molecule has 1 fully saturated rings. The summed E-state index contributed by atoms with van der Waals surface area (Å²) in [5.74, 6) is -0.527. The molecule has 3 aromatic heterocycles. The molecule has 2 N–H and O–H groups in total. The van der Waals surface area contributed by atoms with E-state index in [4.69, 9.17) is 12.2 Å². The van der Waals surface area contributed by atoms with Crippen LogP contribution >= 0.6 is 12.2 Å². The Hall–Kier alpha value is -4.11. The van der Waals surface area contributed by atoms with Crippen molar-refractivity contribution in [2.24, 2.45) is 0 Å². The van der Waals surface area contributed by atoms with E-state index < -0.39 is 0 Å². The van der Waals surface area contributed by atoms with Gasteiger partial charge in [0, 0.05) is 54.8 Å². The van der Waals surface area contributed by atoms with Crippen LogP contribution in [0.4, 0.5) is 10.1 Å². The monoisotopic (exact) mass is 486 g/mol. The van der Waals surface area contributed by atoms with Crippen LogP contribution in [0.3, 0.4) is 0 Å². The molecule has 1 aliphatic heterocycles. The molecule has 2 atom stereocenters. The lowest BCUT2D eigenvalue weighted by Crippen LogP contribution is -2.33. The highest BCUT2D eigenvalue weighted by molar-refractivity contribution is 7.80. The number of nitrogens with zero attached hydrogens (tertiary/aromatic N) is 4. The molecule has 0 aliphatic carbocycles. The van der Waals surface area contributed by atoms with Crippen molar-refractivity contribution < 1.29 is 9.18 Å².